The zero-order chi connectivity index (χ0) is 15.4. The molecule has 0 unspecified atom stereocenters. The second-order valence-electron chi connectivity index (χ2n) is 4.60. The molecule has 0 fully saturated rings. The molecular formula is C15H18N4O2. The summed E-state index contributed by atoms with van der Waals surface area (Å²) in [6.45, 7) is 4.39. The van der Waals surface area contributed by atoms with E-state index in [1.54, 1.807) is 42.1 Å². The molecule has 0 atom stereocenters. The van der Waals surface area contributed by atoms with Crippen LogP contribution in [-0.4, -0.2) is 28.6 Å². The van der Waals surface area contributed by atoms with Crippen molar-refractivity contribution in [3.05, 3.63) is 47.3 Å². The van der Waals surface area contributed by atoms with Gasteiger partial charge >= 0.3 is 0 Å². The van der Waals surface area contributed by atoms with E-state index in [0.717, 1.165) is 5.69 Å². The maximum atomic E-state index is 12.3. The van der Waals surface area contributed by atoms with Crippen molar-refractivity contribution in [2.24, 2.45) is 0 Å². The van der Waals surface area contributed by atoms with E-state index in [4.69, 9.17) is 0 Å². The van der Waals surface area contributed by atoms with Gasteiger partial charge in [0.15, 0.2) is 0 Å². The highest BCUT2D eigenvalue weighted by Gasteiger charge is 2.14. The molecule has 0 saturated carbocycles. The Hall–Kier alpha value is -2.63. The lowest BCUT2D eigenvalue weighted by Crippen LogP contribution is -2.19. The molecule has 21 heavy (non-hydrogen) atoms. The molecule has 1 heterocycles. The summed E-state index contributed by atoms with van der Waals surface area (Å²) in [4.78, 5) is 23.9. The molecule has 0 aliphatic heterocycles. The fourth-order valence-corrected chi connectivity index (χ4v) is 2.05. The summed E-state index contributed by atoms with van der Waals surface area (Å²) >= 11 is 0. The van der Waals surface area contributed by atoms with Crippen LogP contribution >= 0.6 is 0 Å². The van der Waals surface area contributed by atoms with Crippen LogP contribution < -0.4 is 10.6 Å². The number of rotatable bonds is 4. The van der Waals surface area contributed by atoms with Gasteiger partial charge in [-0.25, -0.2) is 0 Å². The number of benzene rings is 1. The van der Waals surface area contributed by atoms with Gasteiger partial charge < -0.3 is 10.6 Å². The minimum absolute atomic E-state index is 0.194. The Balaban J connectivity index is 2.21. The zero-order valence-electron chi connectivity index (χ0n) is 12.3. The normalized spacial score (nSPS) is 10.2. The third-order valence-corrected chi connectivity index (χ3v) is 3.04. The van der Waals surface area contributed by atoms with Gasteiger partial charge in [-0.2, -0.15) is 5.10 Å². The van der Waals surface area contributed by atoms with E-state index in [-0.39, 0.29) is 11.8 Å². The van der Waals surface area contributed by atoms with E-state index in [2.05, 4.69) is 15.7 Å². The number of hydrogen-bond acceptors (Lipinski definition) is 3. The predicted molar refractivity (Wildman–Crippen MR) is 80.4 cm³/mol. The van der Waals surface area contributed by atoms with Crippen LogP contribution in [0.1, 0.15) is 33.5 Å². The second kappa shape index (κ2) is 6.21. The van der Waals surface area contributed by atoms with Crippen LogP contribution in [0.25, 0.3) is 0 Å². The molecule has 6 nitrogen and oxygen atoms in total. The highest BCUT2D eigenvalue weighted by molar-refractivity contribution is 6.04. The van der Waals surface area contributed by atoms with Crippen LogP contribution in [0, 0.1) is 6.92 Å². The van der Waals surface area contributed by atoms with Gasteiger partial charge in [-0.1, -0.05) is 6.07 Å². The lowest BCUT2D eigenvalue weighted by molar-refractivity contribution is 0.0961. The van der Waals surface area contributed by atoms with Crippen molar-refractivity contribution in [2.45, 2.75) is 20.4 Å². The Kier molecular flexibility index (Phi) is 4.37. The van der Waals surface area contributed by atoms with Gasteiger partial charge in [-0.3, -0.25) is 14.3 Å². The van der Waals surface area contributed by atoms with Crippen molar-refractivity contribution >= 4 is 17.5 Å². The van der Waals surface area contributed by atoms with Crippen LogP contribution in [0.5, 0.6) is 0 Å². The molecule has 2 amide bonds. The van der Waals surface area contributed by atoms with Crippen LogP contribution in [0.15, 0.2) is 30.3 Å². The summed E-state index contributed by atoms with van der Waals surface area (Å²) in [6, 6.07) is 8.53. The quantitative estimate of drug-likeness (QED) is 0.900. The van der Waals surface area contributed by atoms with Crippen molar-refractivity contribution in [2.75, 3.05) is 12.4 Å². The van der Waals surface area contributed by atoms with Crippen molar-refractivity contribution in [1.29, 1.82) is 0 Å². The van der Waals surface area contributed by atoms with Crippen molar-refractivity contribution < 1.29 is 9.59 Å². The maximum Gasteiger partial charge on any atom is 0.273 e. The molecule has 0 saturated heterocycles. The number of anilines is 1. The van der Waals surface area contributed by atoms with E-state index in [1.807, 2.05) is 13.8 Å². The van der Waals surface area contributed by atoms with Crippen LogP contribution in [-0.2, 0) is 6.54 Å². The smallest absolute Gasteiger partial charge is 0.273 e. The third kappa shape index (κ3) is 3.28. The first-order valence-electron chi connectivity index (χ1n) is 6.73. The Morgan fingerprint density at radius 2 is 2.00 bits per heavy atom. The Morgan fingerprint density at radius 1 is 1.24 bits per heavy atom. The number of aryl methyl sites for hydroxylation is 2. The van der Waals surface area contributed by atoms with E-state index in [1.165, 1.54) is 0 Å². The molecule has 2 N–H and O–H groups in total. The topological polar surface area (TPSA) is 76.0 Å². The van der Waals surface area contributed by atoms with Crippen molar-refractivity contribution in [1.82, 2.24) is 15.1 Å². The Bertz CT molecular complexity index is 676. The fourth-order valence-electron chi connectivity index (χ4n) is 2.05. The largest absolute Gasteiger partial charge is 0.355 e. The predicted octanol–water partition coefficient (Wildman–Crippen LogP) is 1.82. The fraction of sp³-hybridized carbons (Fsp3) is 0.267. The third-order valence-electron chi connectivity index (χ3n) is 3.04. The zero-order valence-corrected chi connectivity index (χ0v) is 12.3. The molecule has 1 aromatic carbocycles. The summed E-state index contributed by atoms with van der Waals surface area (Å²) < 4.78 is 1.65. The van der Waals surface area contributed by atoms with Gasteiger partial charge in [0, 0.05) is 24.8 Å². The standard InChI is InChI=1S/C15H18N4O2/c1-4-19-13(8-10(2)18-19)15(21)17-12-7-5-6-11(9-12)14(20)16-3/h5-9H,4H2,1-3H3,(H,16,20)(H,17,21). The summed E-state index contributed by atoms with van der Waals surface area (Å²) in [5, 5.41) is 9.58. The van der Waals surface area contributed by atoms with Gasteiger partial charge in [0.25, 0.3) is 11.8 Å². The van der Waals surface area contributed by atoms with Gasteiger partial charge in [-0.05, 0) is 38.1 Å². The molecule has 0 aliphatic carbocycles. The minimum atomic E-state index is -0.244. The highest BCUT2D eigenvalue weighted by Crippen LogP contribution is 2.13. The number of carbonyl (C=O) groups is 2. The summed E-state index contributed by atoms with van der Waals surface area (Å²) in [5.74, 6) is -0.438. The van der Waals surface area contributed by atoms with Gasteiger partial charge in [0.05, 0.1) is 5.69 Å². The molecule has 2 rings (SSSR count). The molecule has 6 heteroatoms. The number of aromatic nitrogens is 2. The van der Waals surface area contributed by atoms with Crippen molar-refractivity contribution in [3.63, 3.8) is 0 Å². The Labute approximate surface area is 123 Å². The monoisotopic (exact) mass is 286 g/mol. The molecule has 1 aromatic heterocycles. The summed E-state index contributed by atoms with van der Waals surface area (Å²) in [6.07, 6.45) is 0. The molecule has 0 radical (unpaired) electrons. The average molecular weight is 286 g/mol. The van der Waals surface area contributed by atoms with Crippen LogP contribution in [0.2, 0.25) is 0 Å². The minimum Gasteiger partial charge on any atom is -0.355 e. The van der Waals surface area contributed by atoms with E-state index < -0.39 is 0 Å². The molecule has 0 spiro atoms. The summed E-state index contributed by atoms with van der Waals surface area (Å²) in [5.41, 5.74) is 2.36. The first kappa shape index (κ1) is 14.8. The number of nitrogens with zero attached hydrogens (tertiary/aromatic N) is 2. The molecular weight excluding hydrogens is 268 g/mol. The van der Waals surface area contributed by atoms with E-state index in [0.29, 0.717) is 23.5 Å². The molecule has 0 aliphatic rings. The first-order chi connectivity index (χ1) is 10.0. The van der Waals surface area contributed by atoms with E-state index >= 15 is 0 Å². The van der Waals surface area contributed by atoms with Gasteiger partial charge in [-0.15, -0.1) is 0 Å². The van der Waals surface area contributed by atoms with Gasteiger partial charge in [0.2, 0.25) is 0 Å². The van der Waals surface area contributed by atoms with E-state index in [9.17, 15) is 9.59 Å². The number of nitrogens with one attached hydrogen (secondary N) is 2. The average Bonchev–Trinajstić information content (AvgIpc) is 2.88. The Morgan fingerprint density at radius 3 is 2.67 bits per heavy atom. The summed E-state index contributed by atoms with van der Waals surface area (Å²) in [7, 11) is 1.57. The molecule has 0 bridgehead atoms. The first-order valence-corrected chi connectivity index (χ1v) is 6.73. The van der Waals surface area contributed by atoms with Crippen molar-refractivity contribution in [3.8, 4) is 0 Å². The highest BCUT2D eigenvalue weighted by atomic mass is 16.2. The maximum absolute atomic E-state index is 12.3. The number of amides is 2. The number of hydrogen-bond donors (Lipinski definition) is 2. The lowest BCUT2D eigenvalue weighted by Gasteiger charge is -2.08. The lowest BCUT2D eigenvalue weighted by atomic mass is 10.2. The molecule has 110 valence electrons. The number of carbonyl (C=O) groups excluding carboxylic acids is 2. The van der Waals surface area contributed by atoms with Crippen LogP contribution in [0.3, 0.4) is 0 Å². The van der Waals surface area contributed by atoms with Crippen LogP contribution in [0.4, 0.5) is 5.69 Å². The SMILES string of the molecule is CCn1nc(C)cc1C(=O)Nc1cccc(C(=O)NC)c1. The molecule has 2 aromatic rings. The second-order valence-corrected chi connectivity index (χ2v) is 4.60. The van der Waals surface area contributed by atoms with Gasteiger partial charge in [0.1, 0.15) is 5.69 Å².